The maximum absolute atomic E-state index is 12.4. The summed E-state index contributed by atoms with van der Waals surface area (Å²) in [5.41, 5.74) is 1.39. The first kappa shape index (κ1) is 25.3. The fourth-order valence-electron chi connectivity index (χ4n) is 11.3. The second kappa shape index (κ2) is 7.81. The Morgan fingerprint density at radius 1 is 0.857 bits per heavy atom. The lowest BCUT2D eigenvalue weighted by molar-refractivity contribution is -0.181. The van der Waals surface area contributed by atoms with Gasteiger partial charge in [0, 0.05) is 18.8 Å². The molecule has 0 aliphatic heterocycles. The van der Waals surface area contributed by atoms with Gasteiger partial charge in [0.15, 0.2) is 0 Å². The van der Waals surface area contributed by atoms with Gasteiger partial charge in [-0.3, -0.25) is 9.59 Å². The molecule has 0 aromatic heterocycles. The van der Waals surface area contributed by atoms with Crippen molar-refractivity contribution in [2.75, 3.05) is 7.11 Å². The van der Waals surface area contributed by atoms with Crippen molar-refractivity contribution in [2.24, 2.45) is 50.7 Å². The lowest BCUT2D eigenvalue weighted by atomic mass is 9.41. The van der Waals surface area contributed by atoms with Crippen molar-refractivity contribution in [3.8, 4) is 0 Å². The SMILES string of the molecule is COC(=O)C(=O)C[C@@H](C)[C@H]1CC[C@@]2(C)C3CCC4C(C)(C)[C@@H](OC(C)=O)CC[C@@]45C[C@@]35CC[C@]12C. The average molecular weight is 487 g/mol. The minimum absolute atomic E-state index is 0.0288. The third kappa shape index (κ3) is 3.14. The van der Waals surface area contributed by atoms with E-state index in [-0.39, 0.29) is 40.0 Å². The predicted molar refractivity (Wildman–Crippen MR) is 133 cm³/mol. The second-order valence-corrected chi connectivity index (χ2v) is 14.2. The number of rotatable bonds is 5. The second-order valence-electron chi connectivity index (χ2n) is 14.2. The molecule has 0 aromatic rings. The van der Waals surface area contributed by atoms with E-state index in [1.54, 1.807) is 6.92 Å². The van der Waals surface area contributed by atoms with Gasteiger partial charge >= 0.3 is 11.9 Å². The average Bonchev–Trinajstić information content (AvgIpc) is 3.37. The van der Waals surface area contributed by atoms with Crippen LogP contribution in [0.15, 0.2) is 0 Å². The van der Waals surface area contributed by atoms with Crippen molar-refractivity contribution in [3.05, 3.63) is 0 Å². The molecule has 0 bridgehead atoms. The van der Waals surface area contributed by atoms with Crippen LogP contribution in [-0.2, 0) is 23.9 Å². The summed E-state index contributed by atoms with van der Waals surface area (Å²) in [4.78, 5) is 36.0. The van der Waals surface area contributed by atoms with Gasteiger partial charge in [-0.05, 0) is 103 Å². The van der Waals surface area contributed by atoms with Crippen LogP contribution in [0.2, 0.25) is 0 Å². The Labute approximate surface area is 211 Å². The summed E-state index contributed by atoms with van der Waals surface area (Å²) < 4.78 is 10.6. The Kier molecular flexibility index (Phi) is 5.64. The topological polar surface area (TPSA) is 69.7 Å². The number of ether oxygens (including phenoxy) is 2. The zero-order chi connectivity index (χ0) is 25.6. The number of hydrogen-bond donors (Lipinski definition) is 0. The molecule has 0 N–H and O–H groups in total. The molecule has 35 heavy (non-hydrogen) atoms. The summed E-state index contributed by atoms with van der Waals surface area (Å²) in [5.74, 6) is 0.822. The van der Waals surface area contributed by atoms with Crippen molar-refractivity contribution in [1.82, 2.24) is 0 Å². The number of Topliss-reactive ketones (excluding diaryl/α,β-unsaturated/α-hetero) is 1. The monoisotopic (exact) mass is 486 g/mol. The summed E-state index contributed by atoms with van der Waals surface area (Å²) in [5, 5.41) is 0. The lowest BCUT2D eigenvalue weighted by Crippen LogP contribution is -2.58. The van der Waals surface area contributed by atoms with Gasteiger partial charge in [0.05, 0.1) is 7.11 Å². The Hall–Kier alpha value is -1.39. The number of hydrogen-bond acceptors (Lipinski definition) is 5. The molecule has 196 valence electrons. The molecule has 5 heteroatoms. The number of carbonyl (C=O) groups is 3. The van der Waals surface area contributed by atoms with Gasteiger partial charge in [-0.25, -0.2) is 4.79 Å². The van der Waals surface area contributed by atoms with E-state index in [9.17, 15) is 14.4 Å². The number of methoxy groups -OCH3 is 1. The predicted octanol–water partition coefficient (Wildman–Crippen LogP) is 6.13. The van der Waals surface area contributed by atoms with Crippen LogP contribution >= 0.6 is 0 Å². The largest absolute Gasteiger partial charge is 0.463 e. The van der Waals surface area contributed by atoms with Crippen LogP contribution in [0.5, 0.6) is 0 Å². The zero-order valence-corrected chi connectivity index (χ0v) is 23.0. The van der Waals surface area contributed by atoms with Gasteiger partial charge in [-0.15, -0.1) is 0 Å². The summed E-state index contributed by atoms with van der Waals surface area (Å²) in [6, 6.07) is 0. The molecule has 0 radical (unpaired) electrons. The number of ketones is 1. The normalized spacial score (nSPS) is 47.9. The van der Waals surface area contributed by atoms with Crippen molar-refractivity contribution in [1.29, 1.82) is 0 Å². The molecule has 9 atom stereocenters. The van der Waals surface area contributed by atoms with Crippen LogP contribution in [0.3, 0.4) is 0 Å². The first-order chi connectivity index (χ1) is 16.3. The molecule has 5 rings (SSSR count). The van der Waals surface area contributed by atoms with E-state index in [1.807, 2.05) is 0 Å². The van der Waals surface area contributed by atoms with Crippen molar-refractivity contribution >= 4 is 17.7 Å². The van der Waals surface area contributed by atoms with Crippen molar-refractivity contribution in [2.45, 2.75) is 112 Å². The van der Waals surface area contributed by atoms with Gasteiger partial charge in [0.25, 0.3) is 0 Å². The van der Waals surface area contributed by atoms with Crippen LogP contribution in [-0.4, -0.2) is 30.9 Å². The molecule has 5 nitrogen and oxygen atoms in total. The highest BCUT2D eigenvalue weighted by Crippen LogP contribution is 2.89. The van der Waals surface area contributed by atoms with E-state index in [4.69, 9.17) is 9.47 Å². The number of carbonyl (C=O) groups excluding carboxylic acids is 3. The third-order valence-corrected chi connectivity index (χ3v) is 13.0. The van der Waals surface area contributed by atoms with E-state index in [2.05, 4.69) is 34.6 Å². The van der Waals surface area contributed by atoms with Gasteiger partial charge in [-0.2, -0.15) is 0 Å². The minimum Gasteiger partial charge on any atom is -0.463 e. The minimum atomic E-state index is -0.699. The fraction of sp³-hybridized carbons (Fsp3) is 0.900. The zero-order valence-electron chi connectivity index (χ0n) is 23.0. The van der Waals surface area contributed by atoms with E-state index in [0.29, 0.717) is 29.1 Å². The number of esters is 2. The van der Waals surface area contributed by atoms with E-state index in [1.165, 1.54) is 52.1 Å². The molecule has 2 spiro atoms. The summed E-state index contributed by atoms with van der Waals surface area (Å²) in [6.45, 7) is 13.5. The highest BCUT2D eigenvalue weighted by molar-refractivity contribution is 6.33. The molecule has 0 heterocycles. The standard InChI is InChI=1S/C30H46O5/c1-18(16-21(32)25(33)34-7)20-10-12-28(6)23-9-8-22-26(3,4)24(35-19(2)31)11-13-29(22)17-30(23,29)15-14-27(20,28)5/h18,20,22-24H,8-17H2,1-7H3/t18-,20-,22?,23?,24+,27-,28+,29-,30+/m1/s1. The number of fused-ring (bicyclic) bond motifs is 2. The fourth-order valence-corrected chi connectivity index (χ4v) is 11.3. The van der Waals surface area contributed by atoms with Crippen LogP contribution in [0, 0.1) is 50.7 Å². The van der Waals surface area contributed by atoms with Crippen molar-refractivity contribution < 1.29 is 23.9 Å². The van der Waals surface area contributed by atoms with E-state index in [0.717, 1.165) is 18.8 Å². The molecule has 5 aliphatic carbocycles. The van der Waals surface area contributed by atoms with Gasteiger partial charge in [0.1, 0.15) is 6.10 Å². The first-order valence-electron chi connectivity index (χ1n) is 14.1. The summed E-state index contributed by atoms with van der Waals surface area (Å²) in [6.07, 6.45) is 11.3. The lowest BCUT2D eigenvalue weighted by Gasteiger charge is -2.63. The molecule has 5 saturated carbocycles. The molecular formula is C30H46O5. The van der Waals surface area contributed by atoms with Crippen LogP contribution in [0.4, 0.5) is 0 Å². The molecule has 0 saturated heterocycles. The van der Waals surface area contributed by atoms with Crippen molar-refractivity contribution in [3.63, 3.8) is 0 Å². The van der Waals surface area contributed by atoms with Crippen LogP contribution in [0.25, 0.3) is 0 Å². The Morgan fingerprint density at radius 2 is 1.51 bits per heavy atom. The molecule has 0 aromatic carbocycles. The Balaban J connectivity index is 1.39. The van der Waals surface area contributed by atoms with Gasteiger partial charge < -0.3 is 9.47 Å². The molecule has 0 amide bonds. The summed E-state index contributed by atoms with van der Waals surface area (Å²) in [7, 11) is 1.29. The van der Waals surface area contributed by atoms with Gasteiger partial charge in [-0.1, -0.05) is 34.6 Å². The third-order valence-electron chi connectivity index (χ3n) is 13.0. The molecule has 5 aliphatic rings. The highest BCUT2D eigenvalue weighted by Gasteiger charge is 2.82. The van der Waals surface area contributed by atoms with Crippen LogP contribution < -0.4 is 0 Å². The summed E-state index contributed by atoms with van der Waals surface area (Å²) >= 11 is 0. The Bertz CT molecular complexity index is 939. The van der Waals surface area contributed by atoms with Gasteiger partial charge in [0.2, 0.25) is 5.78 Å². The van der Waals surface area contributed by atoms with E-state index < -0.39 is 5.97 Å². The maximum Gasteiger partial charge on any atom is 0.374 e. The molecule has 2 unspecified atom stereocenters. The quantitative estimate of drug-likeness (QED) is 0.346. The van der Waals surface area contributed by atoms with E-state index >= 15 is 0 Å². The van der Waals surface area contributed by atoms with Crippen LogP contribution in [0.1, 0.15) is 106 Å². The molecule has 5 fully saturated rings. The molecular weight excluding hydrogens is 440 g/mol. The highest BCUT2D eigenvalue weighted by atomic mass is 16.5. The Morgan fingerprint density at radius 3 is 2.17 bits per heavy atom. The first-order valence-corrected chi connectivity index (χ1v) is 14.1. The smallest absolute Gasteiger partial charge is 0.374 e. The maximum atomic E-state index is 12.4.